The summed E-state index contributed by atoms with van der Waals surface area (Å²) in [4.78, 5) is 19.6. The predicted octanol–water partition coefficient (Wildman–Crippen LogP) is 2.84. The zero-order chi connectivity index (χ0) is 14.5. The molecule has 2 rings (SSSR count). The largest absolute Gasteiger partial charge is 0.477 e. The van der Waals surface area contributed by atoms with Crippen LogP contribution in [0.4, 0.5) is 5.82 Å². The van der Waals surface area contributed by atoms with Gasteiger partial charge >= 0.3 is 5.97 Å². The minimum atomic E-state index is -1.03. The summed E-state index contributed by atoms with van der Waals surface area (Å²) in [5.41, 5.74) is 2.20. The fourth-order valence-electron chi connectivity index (χ4n) is 1.87. The Morgan fingerprint density at radius 3 is 2.50 bits per heavy atom. The van der Waals surface area contributed by atoms with Crippen molar-refractivity contribution in [2.45, 2.75) is 20.3 Å². The molecule has 0 radical (unpaired) electrons. The molecule has 0 aliphatic heterocycles. The number of anilines is 1. The van der Waals surface area contributed by atoms with Gasteiger partial charge in [-0.25, -0.2) is 14.8 Å². The molecule has 104 valence electrons. The van der Waals surface area contributed by atoms with E-state index in [1.807, 2.05) is 31.2 Å². The molecule has 0 atom stereocenters. The smallest absolute Gasteiger partial charge is 0.341 e. The van der Waals surface area contributed by atoms with Crippen LogP contribution < -0.4 is 5.32 Å². The summed E-state index contributed by atoms with van der Waals surface area (Å²) in [6.07, 6.45) is 2.32. The number of nitrogens with zero attached hydrogens (tertiary/aromatic N) is 2. The minimum Gasteiger partial charge on any atom is -0.477 e. The summed E-state index contributed by atoms with van der Waals surface area (Å²) in [7, 11) is 0. The molecule has 1 aromatic heterocycles. The van der Waals surface area contributed by atoms with Crippen LogP contribution in [0.3, 0.4) is 0 Å². The topological polar surface area (TPSA) is 75.1 Å². The van der Waals surface area contributed by atoms with Crippen molar-refractivity contribution in [2.75, 3.05) is 11.9 Å². The van der Waals surface area contributed by atoms with Gasteiger partial charge in [-0.2, -0.15) is 0 Å². The van der Waals surface area contributed by atoms with Gasteiger partial charge < -0.3 is 10.4 Å². The maximum absolute atomic E-state index is 11.1. The first-order valence-electron chi connectivity index (χ1n) is 6.59. The van der Waals surface area contributed by atoms with E-state index < -0.39 is 5.97 Å². The molecule has 0 amide bonds. The van der Waals surface area contributed by atoms with Crippen molar-refractivity contribution >= 4 is 11.8 Å². The van der Waals surface area contributed by atoms with Crippen LogP contribution >= 0.6 is 0 Å². The molecule has 5 nitrogen and oxygen atoms in total. The summed E-state index contributed by atoms with van der Waals surface area (Å²) < 4.78 is 0. The zero-order valence-electron chi connectivity index (χ0n) is 11.6. The van der Waals surface area contributed by atoms with Crippen molar-refractivity contribution in [1.82, 2.24) is 9.97 Å². The highest BCUT2D eigenvalue weighted by Gasteiger charge is 2.13. The lowest BCUT2D eigenvalue weighted by atomic mass is 10.1. The third kappa shape index (κ3) is 2.93. The molecule has 0 saturated carbocycles. The van der Waals surface area contributed by atoms with Gasteiger partial charge in [-0.05, 0) is 18.9 Å². The van der Waals surface area contributed by atoms with Crippen molar-refractivity contribution in [1.29, 1.82) is 0 Å². The van der Waals surface area contributed by atoms with Gasteiger partial charge in [0, 0.05) is 18.3 Å². The lowest BCUT2D eigenvalue weighted by Gasteiger charge is -2.08. The molecule has 0 saturated heterocycles. The molecule has 1 aromatic carbocycles. The first kappa shape index (κ1) is 14.0. The number of hydrogen-bond acceptors (Lipinski definition) is 4. The number of carboxylic acid groups (broad SMARTS) is 1. The molecular formula is C15H17N3O2. The highest BCUT2D eigenvalue weighted by atomic mass is 16.4. The number of aromatic nitrogens is 2. The SMILES string of the molecule is CCNc1nc(-c2ccc(CC)cc2)ncc1C(=O)O. The van der Waals surface area contributed by atoms with Gasteiger partial charge in [0.05, 0.1) is 0 Å². The Morgan fingerprint density at radius 2 is 1.95 bits per heavy atom. The van der Waals surface area contributed by atoms with Gasteiger partial charge in [0.2, 0.25) is 0 Å². The Morgan fingerprint density at radius 1 is 1.25 bits per heavy atom. The number of benzene rings is 1. The Hall–Kier alpha value is -2.43. The standard InChI is InChI=1S/C15H17N3O2/c1-3-10-5-7-11(8-6-10)13-17-9-12(15(19)20)14(18-13)16-4-2/h5-9H,3-4H2,1-2H3,(H,19,20)(H,16,17,18). The summed E-state index contributed by atoms with van der Waals surface area (Å²) in [6.45, 7) is 4.59. The van der Waals surface area contributed by atoms with E-state index in [0.717, 1.165) is 12.0 Å². The van der Waals surface area contributed by atoms with Crippen molar-refractivity contribution in [2.24, 2.45) is 0 Å². The van der Waals surface area contributed by atoms with E-state index in [9.17, 15) is 4.79 Å². The van der Waals surface area contributed by atoms with Gasteiger partial charge in [0.1, 0.15) is 11.4 Å². The van der Waals surface area contributed by atoms with E-state index in [2.05, 4.69) is 22.2 Å². The number of aromatic carboxylic acids is 1. The maximum atomic E-state index is 11.1. The summed E-state index contributed by atoms with van der Waals surface area (Å²) in [5, 5.41) is 12.1. The minimum absolute atomic E-state index is 0.0841. The van der Waals surface area contributed by atoms with E-state index in [-0.39, 0.29) is 5.56 Å². The number of aryl methyl sites for hydroxylation is 1. The normalized spacial score (nSPS) is 10.3. The van der Waals surface area contributed by atoms with E-state index >= 15 is 0 Å². The maximum Gasteiger partial charge on any atom is 0.341 e. The third-order valence-electron chi connectivity index (χ3n) is 2.98. The van der Waals surface area contributed by atoms with Crippen molar-refractivity contribution in [3.63, 3.8) is 0 Å². The van der Waals surface area contributed by atoms with Gasteiger partial charge in [0.15, 0.2) is 5.82 Å². The number of nitrogens with one attached hydrogen (secondary N) is 1. The fraction of sp³-hybridized carbons (Fsp3) is 0.267. The van der Waals surface area contributed by atoms with Crippen LogP contribution in [-0.2, 0) is 6.42 Å². The van der Waals surface area contributed by atoms with E-state index in [1.165, 1.54) is 11.8 Å². The average Bonchev–Trinajstić information content (AvgIpc) is 2.47. The summed E-state index contributed by atoms with van der Waals surface area (Å²) in [6, 6.07) is 7.95. The van der Waals surface area contributed by atoms with Crippen LogP contribution in [0, 0.1) is 0 Å². The van der Waals surface area contributed by atoms with Crippen molar-refractivity contribution < 1.29 is 9.90 Å². The molecule has 0 aliphatic carbocycles. The highest BCUT2D eigenvalue weighted by molar-refractivity contribution is 5.93. The molecule has 0 unspecified atom stereocenters. The Kier molecular flexibility index (Phi) is 4.30. The van der Waals surface area contributed by atoms with Crippen LogP contribution in [0.5, 0.6) is 0 Å². The molecule has 2 aromatic rings. The van der Waals surface area contributed by atoms with Crippen LogP contribution in [0.15, 0.2) is 30.5 Å². The first-order chi connectivity index (χ1) is 9.65. The molecule has 0 fully saturated rings. The second kappa shape index (κ2) is 6.14. The van der Waals surface area contributed by atoms with Crippen LogP contribution in [0.2, 0.25) is 0 Å². The molecule has 0 aliphatic rings. The molecular weight excluding hydrogens is 254 g/mol. The lowest BCUT2D eigenvalue weighted by molar-refractivity contribution is 0.0697. The molecule has 1 heterocycles. The van der Waals surface area contributed by atoms with Gasteiger partial charge in [-0.1, -0.05) is 31.2 Å². The molecule has 20 heavy (non-hydrogen) atoms. The van der Waals surface area contributed by atoms with Gasteiger partial charge in [-0.3, -0.25) is 0 Å². The zero-order valence-corrected chi connectivity index (χ0v) is 11.6. The monoisotopic (exact) mass is 271 g/mol. The van der Waals surface area contributed by atoms with Crippen molar-refractivity contribution in [3.8, 4) is 11.4 Å². The fourth-order valence-corrected chi connectivity index (χ4v) is 1.87. The second-order valence-electron chi connectivity index (χ2n) is 4.34. The number of carboxylic acids is 1. The number of hydrogen-bond donors (Lipinski definition) is 2. The van der Waals surface area contributed by atoms with Gasteiger partial charge in [0.25, 0.3) is 0 Å². The van der Waals surface area contributed by atoms with E-state index in [4.69, 9.17) is 5.11 Å². The lowest BCUT2D eigenvalue weighted by Crippen LogP contribution is -2.09. The average molecular weight is 271 g/mol. The van der Waals surface area contributed by atoms with Crippen LogP contribution in [-0.4, -0.2) is 27.6 Å². The quantitative estimate of drug-likeness (QED) is 0.874. The van der Waals surface area contributed by atoms with Crippen LogP contribution in [0.1, 0.15) is 29.8 Å². The Bertz CT molecular complexity index is 609. The number of carbonyl (C=O) groups is 1. The molecule has 0 spiro atoms. The summed E-state index contributed by atoms with van der Waals surface area (Å²) >= 11 is 0. The first-order valence-corrected chi connectivity index (χ1v) is 6.59. The Balaban J connectivity index is 2.41. The van der Waals surface area contributed by atoms with Gasteiger partial charge in [-0.15, -0.1) is 0 Å². The summed E-state index contributed by atoms with van der Waals surface area (Å²) in [5.74, 6) is -0.160. The van der Waals surface area contributed by atoms with Crippen molar-refractivity contribution in [3.05, 3.63) is 41.6 Å². The highest BCUT2D eigenvalue weighted by Crippen LogP contribution is 2.20. The number of rotatable bonds is 5. The van der Waals surface area contributed by atoms with E-state index in [0.29, 0.717) is 18.2 Å². The molecule has 0 bridgehead atoms. The second-order valence-corrected chi connectivity index (χ2v) is 4.34. The third-order valence-corrected chi connectivity index (χ3v) is 2.98. The van der Waals surface area contributed by atoms with Crippen LogP contribution in [0.25, 0.3) is 11.4 Å². The molecule has 5 heteroatoms. The Labute approximate surface area is 117 Å². The predicted molar refractivity (Wildman–Crippen MR) is 78.0 cm³/mol. The van der Waals surface area contributed by atoms with E-state index in [1.54, 1.807) is 0 Å². The molecule has 2 N–H and O–H groups in total.